The van der Waals surface area contributed by atoms with E-state index >= 15 is 0 Å². The van der Waals surface area contributed by atoms with Gasteiger partial charge in [0.2, 0.25) is 11.8 Å². The fourth-order valence-electron chi connectivity index (χ4n) is 1.11. The molecule has 0 saturated carbocycles. The maximum Gasteiger partial charge on any atom is 0.226 e. The number of hydrogen-bond acceptors (Lipinski definition) is 5. The molecule has 15 heavy (non-hydrogen) atoms. The first-order chi connectivity index (χ1) is 7.26. The lowest BCUT2D eigenvalue weighted by atomic mass is 10.3. The van der Waals surface area contributed by atoms with Gasteiger partial charge in [0.1, 0.15) is 0 Å². The normalized spacial score (nSPS) is 12.2. The summed E-state index contributed by atoms with van der Waals surface area (Å²) in [5.41, 5.74) is 0. The standard InChI is InChI=1S/C10H17N3OS/c1-8(5-7-15-3)12-10-11-6-4-9(13-10)14-2/h4,6,8H,5,7H2,1-3H3,(H,11,12,13). The molecule has 1 aromatic heterocycles. The molecule has 4 nitrogen and oxygen atoms in total. The van der Waals surface area contributed by atoms with E-state index in [1.54, 1.807) is 19.4 Å². The van der Waals surface area contributed by atoms with Crippen LogP contribution in [0.2, 0.25) is 0 Å². The van der Waals surface area contributed by atoms with Gasteiger partial charge in [-0.3, -0.25) is 0 Å². The first-order valence-corrected chi connectivity index (χ1v) is 6.28. The van der Waals surface area contributed by atoms with Gasteiger partial charge in [0.15, 0.2) is 0 Å². The van der Waals surface area contributed by atoms with Gasteiger partial charge in [0.05, 0.1) is 7.11 Å². The van der Waals surface area contributed by atoms with Gasteiger partial charge in [-0.15, -0.1) is 0 Å². The zero-order chi connectivity index (χ0) is 11.1. The van der Waals surface area contributed by atoms with Crippen molar-refractivity contribution < 1.29 is 4.74 Å². The molecule has 0 saturated heterocycles. The summed E-state index contributed by atoms with van der Waals surface area (Å²) >= 11 is 1.84. The smallest absolute Gasteiger partial charge is 0.226 e. The molecule has 1 unspecified atom stereocenters. The highest BCUT2D eigenvalue weighted by atomic mass is 32.2. The van der Waals surface area contributed by atoms with Gasteiger partial charge in [-0.1, -0.05) is 0 Å². The maximum atomic E-state index is 5.02. The maximum absolute atomic E-state index is 5.02. The fraction of sp³-hybridized carbons (Fsp3) is 0.600. The zero-order valence-corrected chi connectivity index (χ0v) is 10.2. The molecule has 84 valence electrons. The molecule has 0 aliphatic carbocycles. The first kappa shape index (κ1) is 12.1. The van der Waals surface area contributed by atoms with Crippen molar-refractivity contribution in [2.45, 2.75) is 19.4 Å². The molecule has 1 heterocycles. The van der Waals surface area contributed by atoms with Crippen LogP contribution in [0.4, 0.5) is 5.95 Å². The molecule has 1 aromatic rings. The Morgan fingerprint density at radius 3 is 3.07 bits per heavy atom. The number of thioether (sulfide) groups is 1. The third-order valence-corrected chi connectivity index (χ3v) is 2.61. The summed E-state index contributed by atoms with van der Waals surface area (Å²) in [4.78, 5) is 8.31. The number of methoxy groups -OCH3 is 1. The van der Waals surface area contributed by atoms with Crippen LogP contribution in [0, 0.1) is 0 Å². The summed E-state index contributed by atoms with van der Waals surface area (Å²) in [5.74, 6) is 2.35. The van der Waals surface area contributed by atoms with Crippen LogP contribution in [-0.2, 0) is 0 Å². The van der Waals surface area contributed by atoms with Crippen molar-refractivity contribution in [1.29, 1.82) is 0 Å². The average Bonchev–Trinajstić information content (AvgIpc) is 2.26. The van der Waals surface area contributed by atoms with Crippen LogP contribution in [0.15, 0.2) is 12.3 Å². The van der Waals surface area contributed by atoms with Crippen LogP contribution in [0.5, 0.6) is 5.88 Å². The summed E-state index contributed by atoms with van der Waals surface area (Å²) in [7, 11) is 1.60. The third-order valence-electron chi connectivity index (χ3n) is 1.97. The van der Waals surface area contributed by atoms with Gasteiger partial charge in [-0.25, -0.2) is 4.98 Å². The molecule has 1 rings (SSSR count). The summed E-state index contributed by atoms with van der Waals surface area (Å²) in [6.45, 7) is 2.12. The van der Waals surface area contributed by atoms with Gasteiger partial charge < -0.3 is 10.1 Å². The van der Waals surface area contributed by atoms with E-state index in [1.807, 2.05) is 11.8 Å². The molecule has 0 aliphatic rings. The highest BCUT2D eigenvalue weighted by Gasteiger charge is 2.04. The van der Waals surface area contributed by atoms with E-state index < -0.39 is 0 Å². The Balaban J connectivity index is 2.48. The first-order valence-electron chi connectivity index (χ1n) is 4.88. The second kappa shape index (κ2) is 6.50. The van der Waals surface area contributed by atoms with Crippen molar-refractivity contribution >= 4 is 17.7 Å². The number of nitrogens with zero attached hydrogens (tertiary/aromatic N) is 2. The number of aromatic nitrogens is 2. The van der Waals surface area contributed by atoms with Gasteiger partial charge in [0, 0.05) is 18.3 Å². The highest BCUT2D eigenvalue weighted by Crippen LogP contribution is 2.10. The predicted octanol–water partition coefficient (Wildman–Crippen LogP) is 2.04. The molecule has 5 heteroatoms. The zero-order valence-electron chi connectivity index (χ0n) is 9.36. The lowest BCUT2D eigenvalue weighted by Crippen LogP contribution is -2.17. The van der Waals surface area contributed by atoms with E-state index in [0.29, 0.717) is 17.9 Å². The lowest BCUT2D eigenvalue weighted by molar-refractivity contribution is 0.397. The van der Waals surface area contributed by atoms with Gasteiger partial charge in [0.25, 0.3) is 0 Å². The average molecular weight is 227 g/mol. The van der Waals surface area contributed by atoms with Crippen LogP contribution >= 0.6 is 11.8 Å². The summed E-state index contributed by atoms with van der Waals surface area (Å²) in [6.07, 6.45) is 4.89. The van der Waals surface area contributed by atoms with E-state index in [0.717, 1.165) is 12.2 Å². The number of hydrogen-bond donors (Lipinski definition) is 1. The van der Waals surface area contributed by atoms with Crippen LogP contribution in [0.3, 0.4) is 0 Å². The minimum absolute atomic E-state index is 0.379. The summed E-state index contributed by atoms with van der Waals surface area (Å²) in [5, 5.41) is 3.24. The second-order valence-electron chi connectivity index (χ2n) is 3.25. The highest BCUT2D eigenvalue weighted by molar-refractivity contribution is 7.98. The Bertz CT molecular complexity index is 296. The minimum Gasteiger partial charge on any atom is -0.481 e. The molecule has 1 atom stereocenters. The largest absolute Gasteiger partial charge is 0.481 e. The van der Waals surface area contributed by atoms with Crippen LogP contribution in [0.25, 0.3) is 0 Å². The number of anilines is 1. The van der Waals surface area contributed by atoms with E-state index in [1.165, 1.54) is 0 Å². The van der Waals surface area contributed by atoms with Gasteiger partial charge >= 0.3 is 0 Å². The van der Waals surface area contributed by atoms with Crippen molar-refractivity contribution in [3.05, 3.63) is 12.3 Å². The Hall–Kier alpha value is -0.970. The molecule has 0 radical (unpaired) electrons. The Kier molecular flexibility index (Phi) is 5.25. The van der Waals surface area contributed by atoms with E-state index in [2.05, 4.69) is 28.5 Å². The monoisotopic (exact) mass is 227 g/mol. The molecule has 0 spiro atoms. The lowest BCUT2D eigenvalue weighted by Gasteiger charge is -2.12. The summed E-state index contributed by atoms with van der Waals surface area (Å²) in [6, 6.07) is 2.11. The Labute approximate surface area is 94.8 Å². The van der Waals surface area contributed by atoms with Crippen molar-refractivity contribution in [2.24, 2.45) is 0 Å². The van der Waals surface area contributed by atoms with E-state index in [9.17, 15) is 0 Å². The second-order valence-corrected chi connectivity index (χ2v) is 4.24. The topological polar surface area (TPSA) is 47.0 Å². The van der Waals surface area contributed by atoms with E-state index in [4.69, 9.17) is 4.74 Å². The van der Waals surface area contributed by atoms with Crippen molar-refractivity contribution in [1.82, 2.24) is 9.97 Å². The summed E-state index contributed by atoms with van der Waals surface area (Å²) < 4.78 is 5.02. The number of nitrogens with one attached hydrogen (secondary N) is 1. The van der Waals surface area contributed by atoms with Crippen molar-refractivity contribution in [3.8, 4) is 5.88 Å². The van der Waals surface area contributed by atoms with Crippen LogP contribution < -0.4 is 10.1 Å². The molecule has 0 aromatic carbocycles. The molecular weight excluding hydrogens is 210 g/mol. The molecule has 0 bridgehead atoms. The Morgan fingerprint density at radius 2 is 2.40 bits per heavy atom. The van der Waals surface area contributed by atoms with Gasteiger partial charge in [-0.05, 0) is 25.4 Å². The molecule has 0 fully saturated rings. The van der Waals surface area contributed by atoms with Crippen LogP contribution in [0.1, 0.15) is 13.3 Å². The predicted molar refractivity (Wildman–Crippen MR) is 64.7 cm³/mol. The third kappa shape index (κ3) is 4.38. The van der Waals surface area contributed by atoms with Crippen molar-refractivity contribution in [2.75, 3.05) is 24.4 Å². The molecule has 0 aliphatic heterocycles. The van der Waals surface area contributed by atoms with Gasteiger partial charge in [-0.2, -0.15) is 16.7 Å². The minimum atomic E-state index is 0.379. The number of rotatable bonds is 6. The Morgan fingerprint density at radius 1 is 1.60 bits per heavy atom. The van der Waals surface area contributed by atoms with Crippen molar-refractivity contribution in [3.63, 3.8) is 0 Å². The molecule has 1 N–H and O–H groups in total. The fourth-order valence-corrected chi connectivity index (χ4v) is 1.70. The molecular formula is C10H17N3OS. The SMILES string of the molecule is COc1ccnc(NC(C)CCSC)n1. The quantitative estimate of drug-likeness (QED) is 0.806. The van der Waals surface area contributed by atoms with Crippen LogP contribution in [-0.4, -0.2) is 35.1 Å². The number of ether oxygens (including phenoxy) is 1. The van der Waals surface area contributed by atoms with E-state index in [-0.39, 0.29) is 0 Å². The molecule has 0 amide bonds.